The Hall–Kier alpha value is -1.48. The van der Waals surface area contributed by atoms with Crippen LogP contribution >= 0.6 is 23.2 Å². The zero-order valence-corrected chi connectivity index (χ0v) is 12.2. The van der Waals surface area contributed by atoms with Gasteiger partial charge in [0.2, 0.25) is 0 Å². The summed E-state index contributed by atoms with van der Waals surface area (Å²) in [5, 5.41) is 1.22. The SMILES string of the molecule is Clc1cccc(Cl)c1C1=CC(Cc2ccccc2)ON1. The fraction of sp³-hybridized carbons (Fsp3) is 0.125. The second-order valence-electron chi connectivity index (χ2n) is 4.63. The van der Waals surface area contributed by atoms with E-state index in [4.69, 9.17) is 28.0 Å². The number of hydrogen-bond donors (Lipinski definition) is 1. The van der Waals surface area contributed by atoms with Crippen LogP contribution in [0.5, 0.6) is 0 Å². The fourth-order valence-corrected chi connectivity index (χ4v) is 2.83. The molecule has 2 aromatic carbocycles. The van der Waals surface area contributed by atoms with Crippen LogP contribution in [0, 0.1) is 0 Å². The normalized spacial score (nSPS) is 17.7. The molecule has 1 atom stereocenters. The molecule has 0 saturated heterocycles. The van der Waals surface area contributed by atoms with Crippen molar-refractivity contribution in [2.75, 3.05) is 0 Å². The average Bonchev–Trinajstić information content (AvgIpc) is 2.88. The van der Waals surface area contributed by atoms with E-state index in [1.54, 1.807) is 0 Å². The van der Waals surface area contributed by atoms with Crippen molar-refractivity contribution in [2.24, 2.45) is 0 Å². The molecule has 3 rings (SSSR count). The zero-order valence-electron chi connectivity index (χ0n) is 10.6. The van der Waals surface area contributed by atoms with Gasteiger partial charge < -0.3 is 0 Å². The Balaban J connectivity index is 1.82. The third kappa shape index (κ3) is 2.83. The highest BCUT2D eigenvalue weighted by Crippen LogP contribution is 2.32. The maximum absolute atomic E-state index is 6.20. The molecule has 0 aromatic heterocycles. The number of benzene rings is 2. The summed E-state index contributed by atoms with van der Waals surface area (Å²) in [4.78, 5) is 5.57. The van der Waals surface area contributed by atoms with Crippen LogP contribution < -0.4 is 5.48 Å². The van der Waals surface area contributed by atoms with E-state index in [-0.39, 0.29) is 6.10 Å². The van der Waals surface area contributed by atoms with E-state index in [0.29, 0.717) is 10.0 Å². The fourth-order valence-electron chi connectivity index (χ4n) is 2.23. The van der Waals surface area contributed by atoms with E-state index in [0.717, 1.165) is 17.7 Å². The third-order valence-corrected chi connectivity index (χ3v) is 3.81. The predicted octanol–water partition coefficient (Wildman–Crippen LogP) is 4.48. The van der Waals surface area contributed by atoms with Gasteiger partial charge >= 0.3 is 0 Å². The summed E-state index contributed by atoms with van der Waals surface area (Å²) in [6.07, 6.45) is 2.79. The molecule has 1 aliphatic heterocycles. The molecule has 1 heterocycles. The molecule has 0 radical (unpaired) electrons. The van der Waals surface area contributed by atoms with Gasteiger partial charge in [-0.3, -0.25) is 10.3 Å². The summed E-state index contributed by atoms with van der Waals surface area (Å²) in [6.45, 7) is 0. The Morgan fingerprint density at radius 3 is 2.35 bits per heavy atom. The first-order chi connectivity index (χ1) is 9.74. The van der Waals surface area contributed by atoms with Crippen molar-refractivity contribution in [1.29, 1.82) is 0 Å². The van der Waals surface area contributed by atoms with Crippen molar-refractivity contribution in [3.8, 4) is 0 Å². The van der Waals surface area contributed by atoms with Crippen molar-refractivity contribution in [3.05, 3.63) is 75.8 Å². The smallest absolute Gasteiger partial charge is 0.110 e. The molecular weight excluding hydrogens is 293 g/mol. The Morgan fingerprint density at radius 1 is 0.950 bits per heavy atom. The van der Waals surface area contributed by atoms with Crippen molar-refractivity contribution in [1.82, 2.24) is 5.48 Å². The molecular formula is C16H13Cl2NO. The first kappa shape index (κ1) is 13.5. The number of hydroxylamine groups is 1. The summed E-state index contributed by atoms with van der Waals surface area (Å²) in [5.41, 5.74) is 5.75. The minimum absolute atomic E-state index is 0.0280. The van der Waals surface area contributed by atoms with E-state index < -0.39 is 0 Å². The van der Waals surface area contributed by atoms with Crippen LogP contribution in [0.2, 0.25) is 10.0 Å². The van der Waals surface area contributed by atoms with Crippen molar-refractivity contribution >= 4 is 28.9 Å². The highest BCUT2D eigenvalue weighted by atomic mass is 35.5. The first-order valence-electron chi connectivity index (χ1n) is 6.36. The highest BCUT2D eigenvalue weighted by molar-refractivity contribution is 6.37. The van der Waals surface area contributed by atoms with Gasteiger partial charge in [0.1, 0.15) is 6.10 Å². The number of nitrogens with one attached hydrogen (secondary N) is 1. The summed E-state index contributed by atoms with van der Waals surface area (Å²) in [5.74, 6) is 0. The standard InChI is InChI=1S/C16H13Cl2NO/c17-13-7-4-8-14(18)16(13)15-10-12(20-19-15)9-11-5-2-1-3-6-11/h1-8,10,12,19H,9H2. The van der Waals surface area contributed by atoms with Gasteiger partial charge in [0, 0.05) is 12.0 Å². The average molecular weight is 306 g/mol. The van der Waals surface area contributed by atoms with Crippen LogP contribution in [-0.2, 0) is 11.3 Å². The number of hydrogen-bond acceptors (Lipinski definition) is 2. The van der Waals surface area contributed by atoms with E-state index in [9.17, 15) is 0 Å². The van der Waals surface area contributed by atoms with Crippen molar-refractivity contribution < 1.29 is 4.84 Å². The monoisotopic (exact) mass is 305 g/mol. The second-order valence-corrected chi connectivity index (χ2v) is 5.44. The topological polar surface area (TPSA) is 21.3 Å². The lowest BCUT2D eigenvalue weighted by molar-refractivity contribution is 0.0520. The molecule has 102 valence electrons. The van der Waals surface area contributed by atoms with Crippen LogP contribution in [0.1, 0.15) is 11.1 Å². The lowest BCUT2D eigenvalue weighted by Gasteiger charge is -2.08. The molecule has 2 aromatic rings. The summed E-state index contributed by atoms with van der Waals surface area (Å²) < 4.78 is 0. The minimum atomic E-state index is -0.0280. The van der Waals surface area contributed by atoms with Gasteiger partial charge in [0.15, 0.2) is 0 Å². The van der Waals surface area contributed by atoms with Gasteiger partial charge in [-0.2, -0.15) is 0 Å². The maximum Gasteiger partial charge on any atom is 0.110 e. The van der Waals surface area contributed by atoms with Gasteiger partial charge in [0.25, 0.3) is 0 Å². The van der Waals surface area contributed by atoms with Gasteiger partial charge in [0.05, 0.1) is 15.7 Å². The summed E-state index contributed by atoms with van der Waals surface area (Å²) in [6, 6.07) is 15.7. The van der Waals surface area contributed by atoms with Crippen LogP contribution in [-0.4, -0.2) is 6.10 Å². The van der Waals surface area contributed by atoms with Crippen LogP contribution in [0.4, 0.5) is 0 Å². The number of rotatable bonds is 3. The molecule has 0 saturated carbocycles. The van der Waals surface area contributed by atoms with Crippen molar-refractivity contribution in [2.45, 2.75) is 12.5 Å². The Labute approximate surface area is 127 Å². The largest absolute Gasteiger partial charge is 0.268 e. The van der Waals surface area contributed by atoms with Gasteiger partial charge in [-0.05, 0) is 23.8 Å². The molecule has 4 heteroatoms. The maximum atomic E-state index is 6.20. The van der Waals surface area contributed by atoms with E-state index in [1.165, 1.54) is 5.56 Å². The first-order valence-corrected chi connectivity index (χ1v) is 7.11. The molecule has 0 amide bonds. The summed E-state index contributed by atoms with van der Waals surface area (Å²) in [7, 11) is 0. The third-order valence-electron chi connectivity index (χ3n) is 3.18. The van der Waals surface area contributed by atoms with E-state index in [1.807, 2.05) is 42.5 Å². The molecule has 0 fully saturated rings. The number of halogens is 2. The Kier molecular flexibility index (Phi) is 3.97. The minimum Gasteiger partial charge on any atom is -0.268 e. The van der Waals surface area contributed by atoms with Crippen LogP contribution in [0.15, 0.2) is 54.6 Å². The predicted molar refractivity (Wildman–Crippen MR) is 82.6 cm³/mol. The lowest BCUT2D eigenvalue weighted by atomic mass is 10.1. The van der Waals surface area contributed by atoms with E-state index in [2.05, 4.69) is 17.6 Å². The molecule has 2 nitrogen and oxygen atoms in total. The molecule has 0 bridgehead atoms. The van der Waals surface area contributed by atoms with Crippen molar-refractivity contribution in [3.63, 3.8) is 0 Å². The Bertz CT molecular complexity index is 620. The molecule has 0 spiro atoms. The highest BCUT2D eigenvalue weighted by Gasteiger charge is 2.21. The molecule has 1 aliphatic rings. The van der Waals surface area contributed by atoms with Gasteiger partial charge in [-0.25, -0.2) is 0 Å². The Morgan fingerprint density at radius 2 is 1.65 bits per heavy atom. The van der Waals surface area contributed by atoms with E-state index >= 15 is 0 Å². The molecule has 20 heavy (non-hydrogen) atoms. The van der Waals surface area contributed by atoms with Gasteiger partial charge in [-0.15, -0.1) is 0 Å². The molecule has 1 N–H and O–H groups in total. The lowest BCUT2D eigenvalue weighted by Crippen LogP contribution is -2.14. The molecule has 0 aliphatic carbocycles. The second kappa shape index (κ2) is 5.88. The molecule has 1 unspecified atom stereocenters. The zero-order chi connectivity index (χ0) is 13.9. The summed E-state index contributed by atoms with van der Waals surface area (Å²) >= 11 is 12.4. The quantitative estimate of drug-likeness (QED) is 0.902. The van der Waals surface area contributed by atoms with Crippen LogP contribution in [0.25, 0.3) is 5.70 Å². The van der Waals surface area contributed by atoms with Crippen LogP contribution in [0.3, 0.4) is 0 Å². The van der Waals surface area contributed by atoms with Gasteiger partial charge in [-0.1, -0.05) is 59.6 Å².